The molecule has 0 amide bonds. The van der Waals surface area contributed by atoms with E-state index in [2.05, 4.69) is 51.7 Å². The van der Waals surface area contributed by atoms with Crippen LogP contribution in [0.15, 0.2) is 61.7 Å². The van der Waals surface area contributed by atoms with Crippen molar-refractivity contribution in [3.63, 3.8) is 0 Å². The minimum atomic E-state index is -0.801. The van der Waals surface area contributed by atoms with Gasteiger partial charge in [0.2, 0.25) is 5.79 Å². The van der Waals surface area contributed by atoms with Crippen molar-refractivity contribution >= 4 is 5.69 Å². The van der Waals surface area contributed by atoms with E-state index in [1.165, 1.54) is 5.69 Å². The first-order chi connectivity index (χ1) is 13.8. The van der Waals surface area contributed by atoms with Gasteiger partial charge in [0.1, 0.15) is 12.8 Å². The largest absolute Gasteiger partial charge is 0.372 e. The summed E-state index contributed by atoms with van der Waals surface area (Å²) in [7, 11) is 0. The number of rotatable bonds is 8. The van der Waals surface area contributed by atoms with Crippen molar-refractivity contribution in [2.45, 2.75) is 18.6 Å². The molecule has 3 heterocycles. The Balaban J connectivity index is 1.36. The van der Waals surface area contributed by atoms with Gasteiger partial charge in [0.15, 0.2) is 0 Å². The Morgan fingerprint density at radius 1 is 1.21 bits per heavy atom. The third-order valence-electron chi connectivity index (χ3n) is 5.22. The molecule has 0 N–H and O–H groups in total. The summed E-state index contributed by atoms with van der Waals surface area (Å²) in [4.78, 5) is 8.90. The smallest absolute Gasteiger partial charge is 0.212 e. The van der Waals surface area contributed by atoms with Crippen LogP contribution in [-0.2, 0) is 20.8 Å². The number of aromatic nitrogens is 2. The number of ether oxygens (including phenoxy) is 3. The van der Waals surface area contributed by atoms with E-state index in [-0.39, 0.29) is 6.23 Å². The van der Waals surface area contributed by atoms with Gasteiger partial charge >= 0.3 is 0 Å². The quantitative estimate of drug-likeness (QED) is 0.512. The lowest BCUT2D eigenvalue weighted by atomic mass is 10.2. The van der Waals surface area contributed by atoms with E-state index in [1.807, 2.05) is 10.8 Å². The molecule has 0 aliphatic carbocycles. The van der Waals surface area contributed by atoms with Gasteiger partial charge in [-0.3, -0.25) is 4.90 Å². The molecule has 2 fully saturated rings. The first-order valence-corrected chi connectivity index (χ1v) is 9.78. The molecule has 1 aromatic heterocycles. The number of nitrogens with zero attached hydrogens (tertiary/aromatic N) is 4. The zero-order valence-corrected chi connectivity index (χ0v) is 16.2. The fourth-order valence-electron chi connectivity index (χ4n) is 3.79. The summed E-state index contributed by atoms with van der Waals surface area (Å²) in [5, 5.41) is 0. The van der Waals surface area contributed by atoms with Gasteiger partial charge in [-0.1, -0.05) is 24.3 Å². The van der Waals surface area contributed by atoms with Gasteiger partial charge < -0.3 is 23.7 Å². The van der Waals surface area contributed by atoms with Crippen molar-refractivity contribution in [2.24, 2.45) is 0 Å². The van der Waals surface area contributed by atoms with E-state index in [9.17, 15) is 0 Å². The van der Waals surface area contributed by atoms with Gasteiger partial charge in [0, 0.05) is 44.3 Å². The minimum absolute atomic E-state index is 0.0613. The summed E-state index contributed by atoms with van der Waals surface area (Å²) >= 11 is 0. The monoisotopic (exact) mass is 384 g/mol. The Morgan fingerprint density at radius 2 is 2.04 bits per heavy atom. The Kier molecular flexibility index (Phi) is 6.07. The molecule has 1 aromatic carbocycles. The third-order valence-corrected chi connectivity index (χ3v) is 5.22. The van der Waals surface area contributed by atoms with Gasteiger partial charge in [-0.2, -0.15) is 0 Å². The maximum absolute atomic E-state index is 6.43. The average molecular weight is 384 g/mol. The first-order valence-electron chi connectivity index (χ1n) is 9.78. The molecule has 2 aliphatic rings. The molecule has 0 saturated carbocycles. The van der Waals surface area contributed by atoms with Crippen molar-refractivity contribution in [1.82, 2.24) is 14.5 Å². The van der Waals surface area contributed by atoms with Crippen LogP contribution in [0.4, 0.5) is 5.69 Å². The molecule has 2 saturated heterocycles. The average Bonchev–Trinajstić information content (AvgIpc) is 3.40. The molecule has 4 rings (SSSR count). The number of hydrogen-bond acceptors (Lipinski definition) is 6. The maximum atomic E-state index is 6.43. The van der Waals surface area contributed by atoms with Crippen LogP contribution in [0.2, 0.25) is 0 Å². The highest BCUT2D eigenvalue weighted by Gasteiger charge is 2.44. The summed E-state index contributed by atoms with van der Waals surface area (Å²) in [6, 6.07) is 10.6. The Bertz CT molecular complexity index is 731. The van der Waals surface area contributed by atoms with E-state index >= 15 is 0 Å². The summed E-state index contributed by atoms with van der Waals surface area (Å²) in [6.45, 7) is 9.46. The lowest BCUT2D eigenvalue weighted by Gasteiger charge is -2.38. The summed E-state index contributed by atoms with van der Waals surface area (Å²) in [5.41, 5.74) is 1.28. The number of hydrogen-bond donors (Lipinski definition) is 0. The molecule has 0 bridgehead atoms. The van der Waals surface area contributed by atoms with E-state index < -0.39 is 5.79 Å². The third kappa shape index (κ3) is 4.44. The molecule has 2 aliphatic heterocycles. The molecule has 0 spiro atoms. The van der Waals surface area contributed by atoms with Crippen molar-refractivity contribution in [3.8, 4) is 0 Å². The second-order valence-corrected chi connectivity index (χ2v) is 7.19. The molecule has 7 heteroatoms. The van der Waals surface area contributed by atoms with Crippen LogP contribution in [0.25, 0.3) is 0 Å². The second kappa shape index (κ2) is 8.87. The lowest BCUT2D eigenvalue weighted by Crippen LogP contribution is -2.52. The summed E-state index contributed by atoms with van der Waals surface area (Å²) in [5.74, 6) is -0.801. The molecule has 2 atom stereocenters. The summed E-state index contributed by atoms with van der Waals surface area (Å²) in [6.07, 6.45) is 7.11. The molecule has 0 radical (unpaired) electrons. The van der Waals surface area contributed by atoms with E-state index in [0.717, 1.165) is 26.2 Å². The van der Waals surface area contributed by atoms with E-state index in [0.29, 0.717) is 26.4 Å². The molecular weight excluding hydrogens is 356 g/mol. The maximum Gasteiger partial charge on any atom is 0.212 e. The number of piperazine rings is 1. The van der Waals surface area contributed by atoms with Gasteiger partial charge in [-0.05, 0) is 12.1 Å². The number of anilines is 1. The Labute approximate surface area is 166 Å². The number of imidazole rings is 1. The van der Waals surface area contributed by atoms with Crippen LogP contribution < -0.4 is 4.90 Å². The Hall–Kier alpha value is -2.19. The fourth-order valence-corrected chi connectivity index (χ4v) is 3.79. The normalized spacial score (nSPS) is 25.9. The number of para-hydroxylation sites is 1. The highest BCUT2D eigenvalue weighted by atomic mass is 16.8. The topological polar surface area (TPSA) is 52.0 Å². The SMILES string of the molecule is C=CCOCC1(Cn2ccnc2)OCC(N2CCN(c3ccccc3)CC2)O1. The van der Waals surface area contributed by atoms with Gasteiger partial charge in [-0.25, -0.2) is 4.98 Å². The zero-order valence-electron chi connectivity index (χ0n) is 16.2. The second-order valence-electron chi connectivity index (χ2n) is 7.19. The standard InChI is InChI=1S/C21H28N4O3/c1-2-14-26-17-21(16-23-9-8-22-18-23)27-15-20(28-21)25-12-10-24(11-13-25)19-6-4-3-5-7-19/h2-9,18,20H,1,10-17H2. The van der Waals surface area contributed by atoms with Crippen LogP contribution in [0.5, 0.6) is 0 Å². The molecule has 7 nitrogen and oxygen atoms in total. The first kappa shape index (κ1) is 19.1. The van der Waals surface area contributed by atoms with Crippen LogP contribution in [0, 0.1) is 0 Å². The van der Waals surface area contributed by atoms with Gasteiger partial charge in [0.05, 0.1) is 26.1 Å². The predicted octanol–water partition coefficient (Wildman–Crippen LogP) is 1.98. The van der Waals surface area contributed by atoms with Gasteiger partial charge in [0.25, 0.3) is 0 Å². The zero-order chi connectivity index (χ0) is 19.2. The highest BCUT2D eigenvalue weighted by molar-refractivity contribution is 5.46. The van der Waals surface area contributed by atoms with Crippen LogP contribution in [0.1, 0.15) is 0 Å². The van der Waals surface area contributed by atoms with Crippen LogP contribution >= 0.6 is 0 Å². The molecule has 2 unspecified atom stereocenters. The molecular formula is C21H28N4O3. The lowest BCUT2D eigenvalue weighted by molar-refractivity contribution is -0.221. The van der Waals surface area contributed by atoms with Crippen molar-refractivity contribution < 1.29 is 14.2 Å². The van der Waals surface area contributed by atoms with E-state index in [1.54, 1.807) is 18.6 Å². The minimum Gasteiger partial charge on any atom is -0.372 e. The predicted molar refractivity (Wildman–Crippen MR) is 107 cm³/mol. The summed E-state index contributed by atoms with van der Waals surface area (Å²) < 4.78 is 20.2. The van der Waals surface area contributed by atoms with Crippen molar-refractivity contribution in [1.29, 1.82) is 0 Å². The van der Waals surface area contributed by atoms with E-state index in [4.69, 9.17) is 14.2 Å². The fraction of sp³-hybridized carbons (Fsp3) is 0.476. The van der Waals surface area contributed by atoms with Crippen molar-refractivity contribution in [2.75, 3.05) is 50.9 Å². The highest BCUT2D eigenvalue weighted by Crippen LogP contribution is 2.29. The van der Waals surface area contributed by atoms with Crippen LogP contribution in [-0.4, -0.2) is 72.5 Å². The van der Waals surface area contributed by atoms with Crippen molar-refractivity contribution in [3.05, 3.63) is 61.7 Å². The molecule has 2 aromatic rings. The number of benzene rings is 1. The van der Waals surface area contributed by atoms with Gasteiger partial charge in [-0.15, -0.1) is 6.58 Å². The molecule has 28 heavy (non-hydrogen) atoms. The molecule has 150 valence electrons. The van der Waals surface area contributed by atoms with Crippen LogP contribution in [0.3, 0.4) is 0 Å². The Morgan fingerprint density at radius 3 is 2.75 bits per heavy atom.